The van der Waals surface area contributed by atoms with Crippen molar-refractivity contribution in [2.45, 2.75) is 46.4 Å². The summed E-state index contributed by atoms with van der Waals surface area (Å²) in [6.07, 6.45) is -3.21. The van der Waals surface area contributed by atoms with E-state index in [9.17, 15) is 27.9 Å². The number of carbonyl (C=O) groups excluding carboxylic acids is 2. The van der Waals surface area contributed by atoms with Crippen LogP contribution < -0.4 is 9.84 Å². The zero-order valence-corrected chi connectivity index (χ0v) is 20.1. The molecular formula is C24H22Cl2F3O4-. The molecule has 0 atom stereocenters. The van der Waals surface area contributed by atoms with E-state index in [1.54, 1.807) is 0 Å². The molecule has 4 nitrogen and oxygen atoms in total. The molecule has 33 heavy (non-hydrogen) atoms. The van der Waals surface area contributed by atoms with Crippen molar-refractivity contribution < 1.29 is 32.6 Å². The summed E-state index contributed by atoms with van der Waals surface area (Å²) in [6.45, 7) is 8.07. The first kappa shape index (κ1) is 26.7. The predicted octanol–water partition coefficient (Wildman–Crippen LogP) is 6.23. The van der Waals surface area contributed by atoms with Crippen LogP contribution in [0.5, 0.6) is 5.75 Å². The number of ether oxygens (including phenoxy) is 1. The molecule has 2 aromatic carbocycles. The highest BCUT2D eigenvalue weighted by molar-refractivity contribution is 6.44. The van der Waals surface area contributed by atoms with Gasteiger partial charge in [-0.15, -0.1) is 0 Å². The molecule has 0 N–H and O–H groups in total. The van der Waals surface area contributed by atoms with E-state index in [0.717, 1.165) is 24.3 Å². The monoisotopic (exact) mass is 501 g/mol. The second-order valence-electron chi connectivity index (χ2n) is 8.89. The van der Waals surface area contributed by atoms with Crippen molar-refractivity contribution in [1.82, 2.24) is 0 Å². The van der Waals surface area contributed by atoms with Gasteiger partial charge in [0.25, 0.3) is 0 Å². The lowest BCUT2D eigenvalue weighted by atomic mass is 9.81. The smallest absolute Gasteiger partial charge is 0.416 e. The minimum Gasteiger partial charge on any atom is -0.546 e. The molecule has 9 heteroatoms. The highest BCUT2D eigenvalue weighted by atomic mass is 35.5. The first-order chi connectivity index (χ1) is 14.9. The summed E-state index contributed by atoms with van der Waals surface area (Å²) in [5.74, 6) is -1.95. The van der Waals surface area contributed by atoms with Crippen molar-refractivity contribution in [3.63, 3.8) is 0 Å². The number of carboxylic acids is 1. The molecule has 2 aromatic rings. The highest BCUT2D eigenvalue weighted by Gasteiger charge is 2.31. The maximum atomic E-state index is 12.8. The summed E-state index contributed by atoms with van der Waals surface area (Å²) in [5.41, 5.74) is -2.19. The maximum Gasteiger partial charge on any atom is 0.416 e. The number of carboxylic acid groups (broad SMARTS) is 1. The van der Waals surface area contributed by atoms with Crippen LogP contribution in [0.3, 0.4) is 0 Å². The minimum absolute atomic E-state index is 0.0157. The van der Waals surface area contributed by atoms with Gasteiger partial charge in [-0.25, -0.2) is 0 Å². The zero-order valence-electron chi connectivity index (χ0n) is 18.6. The number of benzene rings is 2. The Bertz CT molecular complexity index is 1100. The lowest BCUT2D eigenvalue weighted by molar-refractivity contribution is -0.320. The molecule has 0 saturated carbocycles. The molecule has 0 aliphatic carbocycles. The van der Waals surface area contributed by atoms with Gasteiger partial charge in [-0.3, -0.25) is 4.79 Å². The predicted molar refractivity (Wildman–Crippen MR) is 119 cm³/mol. The Hall–Kier alpha value is -2.51. The number of rotatable bonds is 6. The second kappa shape index (κ2) is 9.39. The summed E-state index contributed by atoms with van der Waals surface area (Å²) < 4.78 is 43.8. The van der Waals surface area contributed by atoms with E-state index in [1.165, 1.54) is 32.1 Å². The van der Waals surface area contributed by atoms with E-state index in [1.807, 2.05) is 20.8 Å². The Balaban J connectivity index is 2.51. The molecule has 0 bridgehead atoms. The molecule has 0 spiro atoms. The molecule has 0 unspecified atom stereocenters. The Morgan fingerprint density at radius 1 is 0.909 bits per heavy atom. The van der Waals surface area contributed by atoms with E-state index >= 15 is 0 Å². The molecule has 0 aromatic heterocycles. The number of ketones is 1. The van der Waals surface area contributed by atoms with E-state index in [0.29, 0.717) is 11.1 Å². The average Bonchev–Trinajstić information content (AvgIpc) is 2.68. The number of hydrogen-bond donors (Lipinski definition) is 0. The molecule has 0 aliphatic rings. The third-order valence-corrected chi connectivity index (χ3v) is 5.64. The van der Waals surface area contributed by atoms with Crippen LogP contribution in [0.25, 0.3) is 5.57 Å². The molecule has 0 fully saturated rings. The Morgan fingerprint density at radius 3 is 1.91 bits per heavy atom. The fraction of sp³-hybridized carbons (Fsp3) is 0.333. The molecule has 178 valence electrons. The van der Waals surface area contributed by atoms with E-state index in [-0.39, 0.29) is 21.4 Å². The second-order valence-corrected chi connectivity index (χ2v) is 9.64. The van der Waals surface area contributed by atoms with Gasteiger partial charge in [0.2, 0.25) is 0 Å². The third-order valence-electron chi connectivity index (χ3n) is 4.77. The molecular weight excluding hydrogens is 480 g/mol. The SMILES string of the molecule is CC(C)(C)C(=CC(=O)c1ccc(C(F)(F)F)cc1)c1ccc(OC(C)(C)C(=O)[O-])c(Cl)c1Cl. The topological polar surface area (TPSA) is 66.4 Å². The Morgan fingerprint density at radius 2 is 1.45 bits per heavy atom. The molecule has 0 aliphatic heterocycles. The van der Waals surface area contributed by atoms with Gasteiger partial charge >= 0.3 is 6.18 Å². The molecule has 2 rings (SSSR count). The number of halogens is 5. The number of hydrogen-bond acceptors (Lipinski definition) is 4. The molecule has 0 saturated heterocycles. The standard InChI is InChI=1S/C24H23Cl2F3O4/c1-22(2,3)16(12-17(30)13-6-8-14(9-7-13)24(27,28)29)15-10-11-18(20(26)19(15)25)33-23(4,5)21(31)32/h6-12H,1-5H3,(H,31,32)/p-1. The first-order valence-corrected chi connectivity index (χ1v) is 10.5. The van der Waals surface area contributed by atoms with Gasteiger partial charge in [0.05, 0.1) is 16.6 Å². The van der Waals surface area contributed by atoms with Crippen molar-refractivity contribution in [1.29, 1.82) is 0 Å². The van der Waals surface area contributed by atoms with Crippen molar-refractivity contribution >= 4 is 40.5 Å². The quantitative estimate of drug-likeness (QED) is 0.347. The van der Waals surface area contributed by atoms with Crippen molar-refractivity contribution in [3.05, 3.63) is 69.2 Å². The van der Waals surface area contributed by atoms with Crippen LogP contribution in [0, 0.1) is 5.41 Å². The van der Waals surface area contributed by atoms with E-state index in [2.05, 4.69) is 0 Å². The number of carbonyl (C=O) groups is 2. The van der Waals surface area contributed by atoms with Crippen LogP contribution >= 0.6 is 23.2 Å². The van der Waals surface area contributed by atoms with E-state index < -0.39 is 34.5 Å². The Labute approximate surface area is 200 Å². The summed E-state index contributed by atoms with van der Waals surface area (Å²) >= 11 is 12.8. The summed E-state index contributed by atoms with van der Waals surface area (Å²) in [7, 11) is 0. The Kier molecular flexibility index (Phi) is 7.61. The van der Waals surface area contributed by atoms with Crippen molar-refractivity contribution in [2.75, 3.05) is 0 Å². The van der Waals surface area contributed by atoms with Crippen LogP contribution in [0.4, 0.5) is 13.2 Å². The van der Waals surface area contributed by atoms with Crippen molar-refractivity contribution in [2.24, 2.45) is 5.41 Å². The first-order valence-electron chi connectivity index (χ1n) is 9.77. The normalized spacial score (nSPS) is 13.1. The van der Waals surface area contributed by atoms with Gasteiger partial charge in [-0.1, -0.05) is 56.1 Å². The fourth-order valence-electron chi connectivity index (χ4n) is 2.87. The van der Waals surface area contributed by atoms with Gasteiger partial charge in [0.1, 0.15) is 16.4 Å². The van der Waals surface area contributed by atoms with Crippen LogP contribution in [0.1, 0.15) is 56.1 Å². The van der Waals surface area contributed by atoms with E-state index in [4.69, 9.17) is 27.9 Å². The summed E-state index contributed by atoms with van der Waals surface area (Å²) in [4.78, 5) is 24.1. The van der Waals surface area contributed by atoms with Gasteiger partial charge in [0.15, 0.2) is 5.78 Å². The van der Waals surface area contributed by atoms with Gasteiger partial charge < -0.3 is 14.6 Å². The lowest BCUT2D eigenvalue weighted by Crippen LogP contribution is -2.48. The van der Waals surface area contributed by atoms with Gasteiger partial charge in [-0.05, 0) is 60.7 Å². The summed E-state index contributed by atoms with van der Waals surface area (Å²) in [6, 6.07) is 6.85. The fourth-order valence-corrected chi connectivity index (χ4v) is 3.33. The number of aliphatic carboxylic acids is 1. The molecule has 0 heterocycles. The average molecular weight is 502 g/mol. The van der Waals surface area contributed by atoms with Crippen molar-refractivity contribution in [3.8, 4) is 5.75 Å². The zero-order chi connectivity index (χ0) is 25.4. The van der Waals surface area contributed by atoms with Crippen LogP contribution in [-0.4, -0.2) is 17.4 Å². The third kappa shape index (κ3) is 6.30. The van der Waals surface area contributed by atoms with Crippen LogP contribution in [0.15, 0.2) is 42.5 Å². The van der Waals surface area contributed by atoms with Crippen LogP contribution in [0.2, 0.25) is 10.0 Å². The van der Waals surface area contributed by atoms with Crippen LogP contribution in [-0.2, 0) is 11.0 Å². The van der Waals surface area contributed by atoms with Gasteiger partial charge in [-0.2, -0.15) is 13.2 Å². The van der Waals surface area contributed by atoms with Gasteiger partial charge in [0, 0.05) is 5.56 Å². The minimum atomic E-state index is -4.51. The molecule has 0 amide bonds. The lowest BCUT2D eigenvalue weighted by Gasteiger charge is -2.29. The highest BCUT2D eigenvalue weighted by Crippen LogP contribution is 2.44. The molecule has 0 radical (unpaired) electrons. The summed E-state index contributed by atoms with van der Waals surface area (Å²) in [5, 5.41) is 11.2. The number of alkyl halides is 3. The largest absolute Gasteiger partial charge is 0.546 e. The maximum absolute atomic E-state index is 12.8. The number of allylic oxidation sites excluding steroid dienone is 2.